The standard InChI is InChI=1S/C15H14O/c1-11-6-8-12(9-7-11)13-4-2-3-5-14(13)15-10-16-15/h2-9,15H,10H2,1H3/i15D. The van der Waals surface area contributed by atoms with Gasteiger partial charge in [-0.3, -0.25) is 0 Å². The van der Waals surface area contributed by atoms with Crippen LogP contribution in [0.4, 0.5) is 0 Å². The molecule has 2 aromatic rings. The predicted octanol–water partition coefficient (Wildman–Crippen LogP) is 3.73. The lowest BCUT2D eigenvalue weighted by atomic mass is 9.97. The van der Waals surface area contributed by atoms with Crippen LogP contribution in [0.1, 0.15) is 18.6 Å². The first-order chi connectivity index (χ1) is 8.19. The monoisotopic (exact) mass is 211 g/mol. The lowest BCUT2D eigenvalue weighted by molar-refractivity contribution is 0.416. The third kappa shape index (κ3) is 1.74. The number of rotatable bonds is 2. The minimum atomic E-state index is -0.818. The van der Waals surface area contributed by atoms with Crippen molar-refractivity contribution >= 4 is 0 Å². The fraction of sp³-hybridized carbons (Fsp3) is 0.200. The Kier molecular flexibility index (Phi) is 2.01. The first-order valence-electron chi connectivity index (χ1n) is 6.00. The van der Waals surface area contributed by atoms with Gasteiger partial charge >= 0.3 is 0 Å². The van der Waals surface area contributed by atoms with Gasteiger partial charge in [-0.1, -0.05) is 54.1 Å². The molecule has 80 valence electrons. The molecular weight excluding hydrogens is 196 g/mol. The van der Waals surface area contributed by atoms with E-state index in [1.807, 2.05) is 18.2 Å². The summed E-state index contributed by atoms with van der Waals surface area (Å²) in [5.41, 5.74) is 4.45. The average Bonchev–Trinajstić information content (AvgIpc) is 3.10. The third-order valence-electron chi connectivity index (χ3n) is 2.88. The van der Waals surface area contributed by atoms with E-state index < -0.39 is 6.08 Å². The summed E-state index contributed by atoms with van der Waals surface area (Å²) in [6.45, 7) is 2.57. The molecule has 1 fully saturated rings. The van der Waals surface area contributed by atoms with Crippen molar-refractivity contribution in [2.45, 2.75) is 13.0 Å². The lowest BCUT2D eigenvalue weighted by Crippen LogP contribution is -1.87. The highest BCUT2D eigenvalue weighted by molar-refractivity contribution is 5.68. The molecule has 1 heterocycles. The van der Waals surface area contributed by atoms with Crippen LogP contribution >= 0.6 is 0 Å². The van der Waals surface area contributed by atoms with E-state index in [1.165, 1.54) is 5.56 Å². The lowest BCUT2D eigenvalue weighted by Gasteiger charge is -2.07. The van der Waals surface area contributed by atoms with E-state index in [0.29, 0.717) is 6.61 Å². The average molecular weight is 211 g/mol. The summed E-state index contributed by atoms with van der Waals surface area (Å²) < 4.78 is 13.3. The van der Waals surface area contributed by atoms with Crippen LogP contribution in [0, 0.1) is 6.92 Å². The van der Waals surface area contributed by atoms with Crippen LogP contribution in [-0.2, 0) is 4.74 Å². The van der Waals surface area contributed by atoms with Crippen LogP contribution in [0.3, 0.4) is 0 Å². The van der Waals surface area contributed by atoms with Crippen molar-refractivity contribution in [2.24, 2.45) is 0 Å². The van der Waals surface area contributed by atoms with E-state index in [-0.39, 0.29) is 0 Å². The van der Waals surface area contributed by atoms with Crippen molar-refractivity contribution in [2.75, 3.05) is 6.61 Å². The molecule has 0 bridgehead atoms. The molecule has 1 heteroatoms. The van der Waals surface area contributed by atoms with E-state index in [1.54, 1.807) is 0 Å². The molecule has 3 rings (SSSR count). The minimum absolute atomic E-state index is 0.496. The van der Waals surface area contributed by atoms with Crippen LogP contribution in [0.2, 0.25) is 0 Å². The number of hydrogen-bond donors (Lipinski definition) is 0. The van der Waals surface area contributed by atoms with Crippen LogP contribution in [0.15, 0.2) is 48.5 Å². The maximum Gasteiger partial charge on any atom is 0.107 e. The van der Waals surface area contributed by atoms with Gasteiger partial charge in [-0.05, 0) is 23.6 Å². The Labute approximate surface area is 97.1 Å². The SMILES string of the molecule is [2H]C1(c2ccccc2-c2ccc(C)cc2)CO1. The number of hydrogen-bond acceptors (Lipinski definition) is 1. The zero-order valence-corrected chi connectivity index (χ0v) is 9.23. The second kappa shape index (κ2) is 3.76. The molecular formula is C15H14O. The molecule has 1 aliphatic heterocycles. The fourth-order valence-corrected chi connectivity index (χ4v) is 1.90. The van der Waals surface area contributed by atoms with Crippen LogP contribution in [-0.4, -0.2) is 6.61 Å². The summed E-state index contributed by atoms with van der Waals surface area (Å²) in [6, 6.07) is 16.4. The maximum absolute atomic E-state index is 8.09. The molecule has 0 saturated carbocycles. The Morgan fingerprint density at radius 3 is 2.50 bits per heavy atom. The van der Waals surface area contributed by atoms with Gasteiger partial charge in [0, 0.05) is 0 Å². The Bertz CT molecular complexity index is 541. The highest BCUT2D eigenvalue weighted by Crippen LogP contribution is 2.36. The fourth-order valence-electron chi connectivity index (χ4n) is 1.90. The van der Waals surface area contributed by atoms with E-state index in [4.69, 9.17) is 6.11 Å². The Hall–Kier alpha value is -1.60. The van der Waals surface area contributed by atoms with Crippen molar-refractivity contribution in [3.05, 3.63) is 59.7 Å². The quantitative estimate of drug-likeness (QED) is 0.689. The van der Waals surface area contributed by atoms with E-state index in [9.17, 15) is 0 Å². The van der Waals surface area contributed by atoms with E-state index >= 15 is 0 Å². The highest BCUT2D eigenvalue weighted by Gasteiger charge is 2.27. The molecule has 1 atom stereocenters. The van der Waals surface area contributed by atoms with Gasteiger partial charge in [0.1, 0.15) is 6.08 Å². The summed E-state index contributed by atoms with van der Waals surface area (Å²) in [6.07, 6.45) is -0.818. The van der Waals surface area contributed by atoms with Crippen molar-refractivity contribution < 1.29 is 6.11 Å². The van der Waals surface area contributed by atoms with Crippen LogP contribution < -0.4 is 0 Å². The number of epoxide rings is 1. The van der Waals surface area contributed by atoms with E-state index in [0.717, 1.165) is 16.7 Å². The summed E-state index contributed by atoms with van der Waals surface area (Å²) in [4.78, 5) is 0. The summed E-state index contributed by atoms with van der Waals surface area (Å²) >= 11 is 0. The van der Waals surface area contributed by atoms with Crippen molar-refractivity contribution in [1.82, 2.24) is 0 Å². The summed E-state index contributed by atoms with van der Waals surface area (Å²) in [5.74, 6) is 0. The first kappa shape index (κ1) is 8.54. The first-order valence-corrected chi connectivity index (χ1v) is 5.50. The topological polar surface area (TPSA) is 12.5 Å². The predicted molar refractivity (Wildman–Crippen MR) is 65.3 cm³/mol. The second-order valence-electron chi connectivity index (χ2n) is 4.12. The van der Waals surface area contributed by atoms with Gasteiger partial charge in [0.2, 0.25) is 0 Å². The van der Waals surface area contributed by atoms with Gasteiger partial charge in [-0.15, -0.1) is 0 Å². The normalized spacial score (nSPS) is 23.9. The molecule has 1 nitrogen and oxygen atoms in total. The summed E-state index contributed by atoms with van der Waals surface area (Å²) in [5, 5.41) is 0. The van der Waals surface area contributed by atoms with Crippen LogP contribution in [0.5, 0.6) is 0 Å². The molecule has 1 saturated heterocycles. The number of ether oxygens (including phenoxy) is 1. The maximum atomic E-state index is 8.09. The molecule has 1 unspecified atom stereocenters. The van der Waals surface area contributed by atoms with E-state index in [2.05, 4.69) is 37.3 Å². The minimum Gasteiger partial charge on any atom is -0.368 e. The molecule has 0 N–H and O–H groups in total. The molecule has 0 radical (unpaired) electrons. The molecule has 0 aromatic heterocycles. The zero-order chi connectivity index (χ0) is 11.9. The number of aryl methyl sites for hydroxylation is 1. The highest BCUT2D eigenvalue weighted by atomic mass is 16.6. The Balaban J connectivity index is 2.11. The van der Waals surface area contributed by atoms with Gasteiger partial charge in [-0.2, -0.15) is 0 Å². The summed E-state index contributed by atoms with van der Waals surface area (Å²) in [7, 11) is 0. The van der Waals surface area contributed by atoms with Crippen molar-refractivity contribution in [1.29, 1.82) is 0 Å². The van der Waals surface area contributed by atoms with Gasteiger partial charge in [0.25, 0.3) is 0 Å². The second-order valence-corrected chi connectivity index (χ2v) is 4.12. The Morgan fingerprint density at radius 1 is 1.12 bits per heavy atom. The van der Waals surface area contributed by atoms with Gasteiger partial charge in [0.15, 0.2) is 0 Å². The molecule has 0 spiro atoms. The van der Waals surface area contributed by atoms with Gasteiger partial charge < -0.3 is 4.74 Å². The molecule has 0 amide bonds. The smallest absolute Gasteiger partial charge is 0.107 e. The number of benzene rings is 2. The molecule has 0 aliphatic carbocycles. The molecule has 16 heavy (non-hydrogen) atoms. The Morgan fingerprint density at radius 2 is 1.81 bits per heavy atom. The molecule has 1 aliphatic rings. The zero-order valence-electron chi connectivity index (χ0n) is 10.2. The largest absolute Gasteiger partial charge is 0.368 e. The third-order valence-corrected chi connectivity index (χ3v) is 2.88. The van der Waals surface area contributed by atoms with Crippen LogP contribution in [0.25, 0.3) is 11.1 Å². The van der Waals surface area contributed by atoms with Crippen molar-refractivity contribution in [3.8, 4) is 11.1 Å². The van der Waals surface area contributed by atoms with Gasteiger partial charge in [0.05, 0.1) is 7.98 Å². The van der Waals surface area contributed by atoms with Gasteiger partial charge in [-0.25, -0.2) is 0 Å². The van der Waals surface area contributed by atoms with Crippen molar-refractivity contribution in [3.63, 3.8) is 0 Å². The molecule has 2 aromatic carbocycles.